The van der Waals surface area contributed by atoms with E-state index in [0.717, 1.165) is 10.8 Å². The first-order valence-electron chi connectivity index (χ1n) is 6.02. The molecule has 0 radical (unpaired) electrons. The van der Waals surface area contributed by atoms with E-state index in [1.54, 1.807) is 27.7 Å². The maximum atomic E-state index is 11.7. The van der Waals surface area contributed by atoms with Crippen LogP contribution in [0.5, 0.6) is 0 Å². The number of amides is 1. The van der Waals surface area contributed by atoms with Crippen molar-refractivity contribution in [3.05, 3.63) is 0 Å². The molecule has 106 valence electrons. The largest absolute Gasteiger partial charge is 0.464 e. The van der Waals surface area contributed by atoms with Crippen molar-refractivity contribution in [3.63, 3.8) is 0 Å². The van der Waals surface area contributed by atoms with Gasteiger partial charge in [-0.15, -0.1) is 0 Å². The smallest absolute Gasteiger partial charge is 0.408 e. The molecule has 0 aliphatic carbocycles. The number of carbonyl (C=O) groups is 2. The molecule has 6 heteroatoms. The summed E-state index contributed by atoms with van der Waals surface area (Å²) in [5.41, 5.74) is -0.577. The molecular weight excluding hydrogens is 349 g/mol. The van der Waals surface area contributed by atoms with Gasteiger partial charge in [-0.2, -0.15) is 0 Å². The van der Waals surface area contributed by atoms with Gasteiger partial charge in [0.05, 0.1) is 6.61 Å². The molecule has 1 amide bonds. The summed E-state index contributed by atoms with van der Waals surface area (Å²) < 4.78 is 11.0. The molecule has 0 saturated heterocycles. The highest BCUT2D eigenvalue weighted by Gasteiger charge is 2.24. The fourth-order valence-corrected chi connectivity index (χ4v) is 1.66. The van der Waals surface area contributed by atoms with Gasteiger partial charge in [0.15, 0.2) is 0 Å². The summed E-state index contributed by atoms with van der Waals surface area (Å²) in [4.78, 5) is 23.3. The monoisotopic (exact) mass is 371 g/mol. The summed E-state index contributed by atoms with van der Waals surface area (Å²) in [5.74, 6) is -0.409. The van der Waals surface area contributed by atoms with Gasteiger partial charge in [-0.25, -0.2) is 9.59 Å². The molecule has 18 heavy (non-hydrogen) atoms. The van der Waals surface area contributed by atoms with E-state index in [1.807, 2.05) is 0 Å². The summed E-state index contributed by atoms with van der Waals surface area (Å²) in [6.45, 7) is 7.36. The highest BCUT2D eigenvalue weighted by Crippen LogP contribution is 2.08. The van der Waals surface area contributed by atoms with Crippen molar-refractivity contribution in [1.82, 2.24) is 5.32 Å². The van der Waals surface area contributed by atoms with Crippen LogP contribution in [0.15, 0.2) is 0 Å². The highest BCUT2D eigenvalue weighted by atomic mass is 127. The minimum absolute atomic E-state index is 0.301. The number of carbonyl (C=O) groups excluding carboxylic acids is 2. The van der Waals surface area contributed by atoms with Gasteiger partial charge in [0.25, 0.3) is 0 Å². The third kappa shape index (κ3) is 8.54. The molecule has 0 aromatic heterocycles. The predicted octanol–water partition coefficient (Wildman–Crippen LogP) is 2.66. The maximum absolute atomic E-state index is 11.7. The first-order chi connectivity index (χ1) is 8.30. The van der Waals surface area contributed by atoms with Gasteiger partial charge in [0.1, 0.15) is 11.6 Å². The van der Waals surface area contributed by atoms with Crippen molar-refractivity contribution < 1.29 is 19.1 Å². The Morgan fingerprint density at radius 1 is 1.33 bits per heavy atom. The third-order valence-corrected chi connectivity index (χ3v) is 2.65. The van der Waals surface area contributed by atoms with Gasteiger partial charge in [0, 0.05) is 0 Å². The van der Waals surface area contributed by atoms with Crippen LogP contribution in [0.3, 0.4) is 0 Å². The van der Waals surface area contributed by atoms with Crippen molar-refractivity contribution in [2.24, 2.45) is 0 Å². The second kappa shape index (κ2) is 8.55. The summed E-state index contributed by atoms with van der Waals surface area (Å²) in [7, 11) is 0. The predicted molar refractivity (Wildman–Crippen MR) is 77.9 cm³/mol. The van der Waals surface area contributed by atoms with Gasteiger partial charge in [-0.3, -0.25) is 0 Å². The Balaban J connectivity index is 4.39. The second-order valence-electron chi connectivity index (χ2n) is 4.78. The molecule has 1 N–H and O–H groups in total. The average molecular weight is 371 g/mol. The number of ether oxygens (including phenoxy) is 2. The lowest BCUT2D eigenvalue weighted by molar-refractivity contribution is -0.145. The molecule has 0 bridgehead atoms. The zero-order valence-electron chi connectivity index (χ0n) is 11.4. The minimum atomic E-state index is -0.630. The number of halogens is 1. The van der Waals surface area contributed by atoms with E-state index in [9.17, 15) is 9.59 Å². The normalized spacial score (nSPS) is 12.7. The fourth-order valence-electron chi connectivity index (χ4n) is 1.22. The molecule has 0 saturated carbocycles. The quantitative estimate of drug-likeness (QED) is 0.443. The van der Waals surface area contributed by atoms with Crippen LogP contribution in [0.1, 0.15) is 40.5 Å². The number of alkyl halides is 1. The standard InChI is InChI=1S/C12H22INO4/c1-5-17-10(15)9(7-6-8-13)14-11(16)18-12(2,3)4/h9H,5-8H2,1-4H3,(H,14,16). The van der Waals surface area contributed by atoms with Crippen molar-refractivity contribution in [1.29, 1.82) is 0 Å². The van der Waals surface area contributed by atoms with Gasteiger partial charge >= 0.3 is 12.1 Å². The molecule has 5 nitrogen and oxygen atoms in total. The zero-order chi connectivity index (χ0) is 14.2. The molecule has 0 rings (SSSR count). The van der Waals surface area contributed by atoms with Crippen LogP contribution < -0.4 is 5.32 Å². The van der Waals surface area contributed by atoms with Crippen LogP contribution in [0.4, 0.5) is 4.79 Å². The molecular formula is C12H22INO4. The fraction of sp³-hybridized carbons (Fsp3) is 0.833. The number of rotatable bonds is 6. The lowest BCUT2D eigenvalue weighted by atomic mass is 10.1. The lowest BCUT2D eigenvalue weighted by Crippen LogP contribution is -2.44. The number of alkyl carbamates (subject to hydrolysis) is 1. The van der Waals surface area contributed by atoms with Gasteiger partial charge in [-0.05, 0) is 45.0 Å². The topological polar surface area (TPSA) is 64.6 Å². The second-order valence-corrected chi connectivity index (χ2v) is 5.86. The van der Waals surface area contributed by atoms with Crippen LogP contribution in [-0.4, -0.2) is 34.7 Å². The van der Waals surface area contributed by atoms with E-state index < -0.39 is 23.7 Å². The van der Waals surface area contributed by atoms with Crippen molar-refractivity contribution in [2.45, 2.75) is 52.2 Å². The minimum Gasteiger partial charge on any atom is -0.464 e. The van der Waals surface area contributed by atoms with Crippen LogP contribution in [-0.2, 0) is 14.3 Å². The van der Waals surface area contributed by atoms with E-state index in [4.69, 9.17) is 9.47 Å². The summed E-state index contributed by atoms with van der Waals surface area (Å²) in [6, 6.07) is -0.630. The third-order valence-electron chi connectivity index (χ3n) is 1.89. The van der Waals surface area contributed by atoms with E-state index in [2.05, 4.69) is 27.9 Å². The maximum Gasteiger partial charge on any atom is 0.408 e. The van der Waals surface area contributed by atoms with E-state index >= 15 is 0 Å². The molecule has 0 fully saturated rings. The van der Waals surface area contributed by atoms with E-state index in [-0.39, 0.29) is 0 Å². The molecule has 0 aliphatic heterocycles. The van der Waals surface area contributed by atoms with E-state index in [1.165, 1.54) is 0 Å². The average Bonchev–Trinajstić information content (AvgIpc) is 2.21. The zero-order valence-corrected chi connectivity index (χ0v) is 13.6. The van der Waals surface area contributed by atoms with E-state index in [0.29, 0.717) is 13.0 Å². The lowest BCUT2D eigenvalue weighted by Gasteiger charge is -2.22. The first-order valence-corrected chi connectivity index (χ1v) is 7.54. The highest BCUT2D eigenvalue weighted by molar-refractivity contribution is 14.1. The molecule has 0 aromatic carbocycles. The number of nitrogens with one attached hydrogen (secondary N) is 1. The molecule has 0 aromatic rings. The Bertz CT molecular complexity index is 276. The van der Waals surface area contributed by atoms with Crippen LogP contribution in [0.2, 0.25) is 0 Å². The SMILES string of the molecule is CCOC(=O)C(CCCI)NC(=O)OC(C)(C)C. The van der Waals surface area contributed by atoms with Crippen LogP contribution in [0, 0.1) is 0 Å². The van der Waals surface area contributed by atoms with Crippen molar-refractivity contribution in [2.75, 3.05) is 11.0 Å². The molecule has 0 spiro atoms. The summed E-state index contributed by atoms with van der Waals surface area (Å²) in [5, 5.41) is 2.55. The van der Waals surface area contributed by atoms with Crippen LogP contribution >= 0.6 is 22.6 Å². The Morgan fingerprint density at radius 2 is 1.94 bits per heavy atom. The summed E-state index contributed by atoms with van der Waals surface area (Å²) >= 11 is 2.23. The Labute approximate surface area is 122 Å². The number of esters is 1. The Morgan fingerprint density at radius 3 is 2.39 bits per heavy atom. The van der Waals surface area contributed by atoms with Crippen molar-refractivity contribution >= 4 is 34.7 Å². The Hall–Kier alpha value is -0.530. The summed E-state index contributed by atoms with van der Waals surface area (Å²) in [6.07, 6.45) is 0.801. The first kappa shape index (κ1) is 17.5. The van der Waals surface area contributed by atoms with Crippen LogP contribution in [0.25, 0.3) is 0 Å². The number of hydrogen-bond acceptors (Lipinski definition) is 4. The molecule has 0 aliphatic rings. The van der Waals surface area contributed by atoms with Gasteiger partial charge in [0.2, 0.25) is 0 Å². The molecule has 1 atom stereocenters. The van der Waals surface area contributed by atoms with Gasteiger partial charge < -0.3 is 14.8 Å². The van der Waals surface area contributed by atoms with Gasteiger partial charge in [-0.1, -0.05) is 22.6 Å². The number of hydrogen-bond donors (Lipinski definition) is 1. The molecule has 0 heterocycles. The molecule has 1 unspecified atom stereocenters. The van der Waals surface area contributed by atoms with Crippen molar-refractivity contribution in [3.8, 4) is 0 Å². The Kier molecular flexibility index (Phi) is 8.30.